The Hall–Kier alpha value is -2.66. The van der Waals surface area contributed by atoms with Crippen LogP contribution in [0.1, 0.15) is 38.4 Å². The van der Waals surface area contributed by atoms with Gasteiger partial charge in [-0.1, -0.05) is 28.1 Å². The highest BCUT2D eigenvalue weighted by Gasteiger charge is 2.10. The molecule has 0 saturated carbocycles. The molecule has 0 saturated heterocycles. The van der Waals surface area contributed by atoms with E-state index in [2.05, 4.69) is 83.0 Å². The maximum absolute atomic E-state index is 12.2. The van der Waals surface area contributed by atoms with Gasteiger partial charge in [0, 0.05) is 32.7 Å². The summed E-state index contributed by atoms with van der Waals surface area (Å²) in [6, 6.07) is 15.7. The zero-order valence-electron chi connectivity index (χ0n) is 15.9. The third-order valence-corrected chi connectivity index (χ3v) is 5.17. The molecule has 0 aliphatic carbocycles. The van der Waals surface area contributed by atoms with Crippen LogP contribution in [0.5, 0.6) is 0 Å². The molecule has 138 valence electrons. The summed E-state index contributed by atoms with van der Waals surface area (Å²) < 4.78 is 3.06. The van der Waals surface area contributed by atoms with E-state index < -0.39 is 0 Å². The van der Waals surface area contributed by atoms with Gasteiger partial charge in [-0.2, -0.15) is 5.10 Å². The number of carbonyl (C=O) groups excluding carboxylic acids is 1. The SMILES string of the molecule is Cc1ccc(-n2c(C)cc(/C=N\NC(=O)c3cccc(Br)c3)c2C)cc1C. The van der Waals surface area contributed by atoms with Crippen molar-refractivity contribution in [2.45, 2.75) is 27.7 Å². The standard InChI is InChI=1S/C22H22BrN3O/c1-14-8-9-21(10-15(14)2)26-16(3)11-19(17(26)4)13-24-25-22(27)18-6-5-7-20(23)12-18/h5-13H,1-4H3,(H,25,27)/b24-13-. The molecule has 3 rings (SSSR count). The minimum absolute atomic E-state index is 0.240. The summed E-state index contributed by atoms with van der Waals surface area (Å²) in [5.74, 6) is -0.240. The van der Waals surface area contributed by atoms with Gasteiger partial charge < -0.3 is 4.57 Å². The lowest BCUT2D eigenvalue weighted by atomic mass is 10.1. The van der Waals surface area contributed by atoms with Crippen molar-refractivity contribution in [1.82, 2.24) is 9.99 Å². The molecule has 1 heterocycles. The summed E-state index contributed by atoms with van der Waals surface area (Å²) in [5, 5.41) is 4.14. The lowest BCUT2D eigenvalue weighted by Crippen LogP contribution is -2.17. The van der Waals surface area contributed by atoms with Crippen molar-refractivity contribution in [3.8, 4) is 5.69 Å². The number of hydrazone groups is 1. The van der Waals surface area contributed by atoms with Gasteiger partial charge in [0.1, 0.15) is 0 Å². The first-order valence-electron chi connectivity index (χ1n) is 8.72. The van der Waals surface area contributed by atoms with Crippen molar-refractivity contribution in [2.24, 2.45) is 5.10 Å². The molecule has 0 aliphatic rings. The van der Waals surface area contributed by atoms with Gasteiger partial charge >= 0.3 is 0 Å². The molecule has 27 heavy (non-hydrogen) atoms. The number of carbonyl (C=O) groups is 1. The van der Waals surface area contributed by atoms with Gasteiger partial charge in [0.15, 0.2) is 0 Å². The normalized spacial score (nSPS) is 11.1. The minimum Gasteiger partial charge on any atom is -0.318 e. The Kier molecular flexibility index (Phi) is 5.61. The van der Waals surface area contributed by atoms with Crippen molar-refractivity contribution in [3.63, 3.8) is 0 Å². The fraction of sp³-hybridized carbons (Fsp3) is 0.182. The van der Waals surface area contributed by atoms with Crippen LogP contribution in [-0.2, 0) is 0 Å². The Morgan fingerprint density at radius 1 is 1.04 bits per heavy atom. The number of hydrogen-bond donors (Lipinski definition) is 1. The predicted molar refractivity (Wildman–Crippen MR) is 114 cm³/mol. The Morgan fingerprint density at radius 3 is 2.52 bits per heavy atom. The maximum Gasteiger partial charge on any atom is 0.271 e. The number of rotatable bonds is 4. The first kappa shape index (κ1) is 19.1. The van der Waals surface area contributed by atoms with Gasteiger partial charge in [-0.25, -0.2) is 5.43 Å². The molecule has 0 bridgehead atoms. The molecule has 0 aliphatic heterocycles. The van der Waals surface area contributed by atoms with Gasteiger partial charge in [-0.3, -0.25) is 4.79 Å². The molecule has 1 N–H and O–H groups in total. The summed E-state index contributed by atoms with van der Waals surface area (Å²) in [6.07, 6.45) is 1.69. The van der Waals surface area contributed by atoms with Crippen molar-refractivity contribution >= 4 is 28.1 Å². The fourth-order valence-electron chi connectivity index (χ4n) is 3.04. The number of aromatic nitrogens is 1. The van der Waals surface area contributed by atoms with E-state index in [-0.39, 0.29) is 5.91 Å². The molecule has 5 heteroatoms. The van der Waals surface area contributed by atoms with E-state index in [1.807, 2.05) is 12.1 Å². The summed E-state index contributed by atoms with van der Waals surface area (Å²) in [5.41, 5.74) is 9.99. The molecule has 1 aromatic heterocycles. The quantitative estimate of drug-likeness (QED) is 0.452. The first-order chi connectivity index (χ1) is 12.9. The van der Waals surface area contributed by atoms with Crippen LogP contribution >= 0.6 is 15.9 Å². The van der Waals surface area contributed by atoms with E-state index in [4.69, 9.17) is 0 Å². The Morgan fingerprint density at radius 2 is 1.81 bits per heavy atom. The summed E-state index contributed by atoms with van der Waals surface area (Å²) in [4.78, 5) is 12.2. The second-order valence-electron chi connectivity index (χ2n) is 6.64. The number of hydrogen-bond acceptors (Lipinski definition) is 2. The third-order valence-electron chi connectivity index (χ3n) is 4.68. The first-order valence-corrected chi connectivity index (χ1v) is 9.51. The zero-order chi connectivity index (χ0) is 19.6. The molecule has 0 unspecified atom stereocenters. The van der Waals surface area contributed by atoms with Gasteiger partial charge in [-0.05, 0) is 75.2 Å². The van der Waals surface area contributed by atoms with E-state index in [1.54, 1.807) is 18.3 Å². The number of amides is 1. The zero-order valence-corrected chi connectivity index (χ0v) is 17.5. The lowest BCUT2D eigenvalue weighted by Gasteiger charge is -2.11. The molecule has 0 fully saturated rings. The summed E-state index contributed by atoms with van der Waals surface area (Å²) in [7, 11) is 0. The maximum atomic E-state index is 12.2. The smallest absolute Gasteiger partial charge is 0.271 e. The highest BCUT2D eigenvalue weighted by atomic mass is 79.9. The average Bonchev–Trinajstić information content (AvgIpc) is 2.91. The molecule has 0 atom stereocenters. The second-order valence-corrected chi connectivity index (χ2v) is 7.56. The average molecular weight is 424 g/mol. The summed E-state index contributed by atoms with van der Waals surface area (Å²) >= 11 is 3.37. The van der Waals surface area contributed by atoms with Crippen LogP contribution in [-0.4, -0.2) is 16.7 Å². The van der Waals surface area contributed by atoms with E-state index >= 15 is 0 Å². The highest BCUT2D eigenvalue weighted by Crippen LogP contribution is 2.21. The monoisotopic (exact) mass is 423 g/mol. The molecular formula is C22H22BrN3O. The van der Waals surface area contributed by atoms with Gasteiger partial charge in [0.05, 0.1) is 6.21 Å². The molecule has 1 amide bonds. The van der Waals surface area contributed by atoms with Crippen LogP contribution in [0.2, 0.25) is 0 Å². The van der Waals surface area contributed by atoms with Crippen molar-refractivity contribution in [1.29, 1.82) is 0 Å². The summed E-state index contributed by atoms with van der Waals surface area (Å²) in [6.45, 7) is 8.35. The topological polar surface area (TPSA) is 46.4 Å². The van der Waals surface area contributed by atoms with Crippen LogP contribution in [0, 0.1) is 27.7 Å². The van der Waals surface area contributed by atoms with Crippen LogP contribution in [0.4, 0.5) is 0 Å². The number of benzene rings is 2. The van der Waals surface area contributed by atoms with E-state index in [1.165, 1.54) is 11.1 Å². The molecule has 0 radical (unpaired) electrons. The highest BCUT2D eigenvalue weighted by molar-refractivity contribution is 9.10. The number of aryl methyl sites for hydroxylation is 3. The molecular weight excluding hydrogens is 402 g/mol. The van der Waals surface area contributed by atoms with Crippen LogP contribution in [0.3, 0.4) is 0 Å². The second kappa shape index (κ2) is 7.92. The van der Waals surface area contributed by atoms with E-state index in [0.29, 0.717) is 5.56 Å². The Balaban J connectivity index is 1.81. The number of nitrogens with one attached hydrogen (secondary N) is 1. The predicted octanol–water partition coefficient (Wildman–Crippen LogP) is 5.24. The van der Waals surface area contributed by atoms with Crippen LogP contribution < -0.4 is 5.43 Å². The molecule has 3 aromatic rings. The molecule has 4 nitrogen and oxygen atoms in total. The molecule has 0 spiro atoms. The molecule has 2 aromatic carbocycles. The van der Waals surface area contributed by atoms with Crippen LogP contribution in [0.15, 0.2) is 58.1 Å². The fourth-order valence-corrected chi connectivity index (χ4v) is 3.43. The van der Waals surface area contributed by atoms with Crippen LogP contribution in [0.25, 0.3) is 5.69 Å². The van der Waals surface area contributed by atoms with Crippen molar-refractivity contribution in [2.75, 3.05) is 0 Å². The largest absolute Gasteiger partial charge is 0.318 e. The van der Waals surface area contributed by atoms with Crippen molar-refractivity contribution < 1.29 is 4.79 Å². The van der Waals surface area contributed by atoms with E-state index in [9.17, 15) is 4.79 Å². The van der Waals surface area contributed by atoms with Gasteiger partial charge in [0.2, 0.25) is 0 Å². The van der Waals surface area contributed by atoms with Gasteiger partial charge in [0.25, 0.3) is 5.91 Å². The Labute approximate surface area is 168 Å². The number of nitrogens with zero attached hydrogens (tertiary/aromatic N) is 2. The van der Waals surface area contributed by atoms with Crippen molar-refractivity contribution in [3.05, 3.63) is 86.6 Å². The third kappa shape index (κ3) is 4.19. The Bertz CT molecular complexity index is 1030. The van der Waals surface area contributed by atoms with E-state index in [0.717, 1.165) is 27.1 Å². The van der Waals surface area contributed by atoms with Gasteiger partial charge in [-0.15, -0.1) is 0 Å². The number of halogens is 1. The lowest BCUT2D eigenvalue weighted by molar-refractivity contribution is 0.0955. The minimum atomic E-state index is -0.240.